The summed E-state index contributed by atoms with van der Waals surface area (Å²) in [4.78, 5) is 13.7. The van der Waals surface area contributed by atoms with Crippen molar-refractivity contribution in [2.45, 2.75) is 16.4 Å². The van der Waals surface area contributed by atoms with Crippen molar-refractivity contribution in [1.82, 2.24) is 9.46 Å². The lowest BCUT2D eigenvalue weighted by atomic mass is 10.1. The summed E-state index contributed by atoms with van der Waals surface area (Å²) >= 11 is 1.30. The Labute approximate surface area is 206 Å². The molecule has 0 aliphatic carbocycles. The van der Waals surface area contributed by atoms with E-state index in [2.05, 4.69) is 10.5 Å². The number of ether oxygens (including phenoxy) is 2. The van der Waals surface area contributed by atoms with Crippen molar-refractivity contribution in [1.29, 1.82) is 0 Å². The molecule has 184 valence electrons. The average molecular weight is 518 g/mol. The van der Waals surface area contributed by atoms with Crippen LogP contribution in [0.2, 0.25) is 0 Å². The lowest BCUT2D eigenvalue weighted by molar-refractivity contribution is -0.113. The molecule has 3 aromatic rings. The number of carbonyl (C=O) groups excluding carboxylic acids is 1. The molecule has 2 heterocycles. The van der Waals surface area contributed by atoms with Gasteiger partial charge < -0.3 is 28.7 Å². The number of benzene rings is 2. The van der Waals surface area contributed by atoms with Crippen LogP contribution >= 0.6 is 11.9 Å². The number of nitrogens with one attached hydrogen (secondary N) is 1. The summed E-state index contributed by atoms with van der Waals surface area (Å²) in [5.41, 5.74) is 1.11. The van der Waals surface area contributed by atoms with Crippen LogP contribution in [-0.4, -0.2) is 50.2 Å². The van der Waals surface area contributed by atoms with Gasteiger partial charge >= 0.3 is 0 Å². The van der Waals surface area contributed by atoms with Crippen LogP contribution in [0.15, 0.2) is 63.6 Å². The number of aromatic nitrogens is 1. The molecule has 0 bridgehead atoms. The van der Waals surface area contributed by atoms with Crippen molar-refractivity contribution < 1.29 is 32.3 Å². The highest BCUT2D eigenvalue weighted by molar-refractivity contribution is 7.97. The van der Waals surface area contributed by atoms with Gasteiger partial charge in [-0.15, -0.1) is 0 Å². The van der Waals surface area contributed by atoms with Crippen molar-refractivity contribution in [2.24, 2.45) is 0 Å². The first-order valence-corrected chi connectivity index (χ1v) is 12.9. The zero-order valence-corrected chi connectivity index (χ0v) is 20.8. The quantitative estimate of drug-likeness (QED) is 0.427. The first-order valence-electron chi connectivity index (χ1n) is 10.3. The number of methoxy groups -OCH3 is 2. The Balaban J connectivity index is 1.45. The number of rotatable bonds is 8. The molecule has 1 amide bonds. The molecular weight excluding hydrogens is 494 g/mol. The van der Waals surface area contributed by atoms with E-state index in [4.69, 9.17) is 14.0 Å². The maximum absolute atomic E-state index is 12.8. The zero-order valence-electron chi connectivity index (χ0n) is 19.1. The minimum absolute atomic E-state index is 0.0314. The summed E-state index contributed by atoms with van der Waals surface area (Å²) in [6.45, 7) is 0. The van der Waals surface area contributed by atoms with Gasteiger partial charge in [-0.1, -0.05) is 23.4 Å². The topological polar surface area (TPSA) is 131 Å². The number of aliphatic hydroxyl groups is 1. The Morgan fingerprint density at radius 2 is 1.86 bits per heavy atom. The van der Waals surface area contributed by atoms with Crippen LogP contribution in [-0.2, 0) is 26.1 Å². The van der Waals surface area contributed by atoms with Crippen molar-refractivity contribution in [3.05, 3.63) is 71.1 Å². The zero-order chi connectivity index (χ0) is 25.2. The number of nitrogens with zero attached hydrogens (tertiary/aromatic N) is 2. The van der Waals surface area contributed by atoms with E-state index in [0.717, 1.165) is 4.90 Å². The van der Waals surface area contributed by atoms with E-state index in [1.54, 1.807) is 41.7 Å². The van der Waals surface area contributed by atoms with E-state index in [1.165, 1.54) is 32.2 Å². The van der Waals surface area contributed by atoms with Gasteiger partial charge in [-0.25, -0.2) is 8.42 Å². The van der Waals surface area contributed by atoms with E-state index in [9.17, 15) is 18.3 Å². The summed E-state index contributed by atoms with van der Waals surface area (Å²) in [5, 5.41) is 16.9. The molecule has 1 aromatic heterocycles. The number of aliphatic hydroxyl groups excluding tert-OH is 1. The van der Waals surface area contributed by atoms with Gasteiger partial charge in [-0.3, -0.25) is 4.79 Å². The molecule has 0 fully saturated rings. The second-order valence-corrected chi connectivity index (χ2v) is 10.9. The molecule has 0 saturated carbocycles. The highest BCUT2D eigenvalue weighted by Crippen LogP contribution is 2.38. The van der Waals surface area contributed by atoms with E-state index in [1.807, 2.05) is 12.1 Å². The van der Waals surface area contributed by atoms with Crippen LogP contribution in [0.1, 0.15) is 16.9 Å². The fourth-order valence-corrected chi connectivity index (χ4v) is 5.89. The smallest absolute Gasteiger partial charge is 0.277 e. The molecular formula is C23H23N3O7S2. The molecule has 12 heteroatoms. The summed E-state index contributed by atoms with van der Waals surface area (Å²) < 4.78 is 42.5. The molecule has 10 nitrogen and oxygen atoms in total. The molecule has 2 N–H and O–H groups in total. The Kier molecular flexibility index (Phi) is 6.94. The van der Waals surface area contributed by atoms with Gasteiger partial charge in [0.25, 0.3) is 5.91 Å². The molecule has 0 saturated heterocycles. The van der Waals surface area contributed by atoms with Crippen molar-refractivity contribution in [3.63, 3.8) is 0 Å². The first-order chi connectivity index (χ1) is 16.7. The van der Waals surface area contributed by atoms with Gasteiger partial charge in [-0.2, -0.15) is 0 Å². The highest BCUT2D eigenvalue weighted by atomic mass is 32.2. The van der Waals surface area contributed by atoms with E-state index >= 15 is 0 Å². The molecule has 0 spiro atoms. The molecule has 0 atom stereocenters. The number of anilines is 1. The molecule has 35 heavy (non-hydrogen) atoms. The van der Waals surface area contributed by atoms with E-state index in [0.29, 0.717) is 22.6 Å². The number of likely N-dealkylation sites (N-methyl/N-ethyl adjacent to an activating group) is 1. The number of fused-ring (bicyclic) bond motifs is 1. The van der Waals surface area contributed by atoms with Crippen molar-refractivity contribution in [3.8, 4) is 11.5 Å². The highest BCUT2D eigenvalue weighted by Gasteiger charge is 2.29. The van der Waals surface area contributed by atoms with Crippen molar-refractivity contribution >= 4 is 39.3 Å². The van der Waals surface area contributed by atoms with E-state index < -0.39 is 21.5 Å². The average Bonchev–Trinajstić information content (AvgIpc) is 3.24. The normalized spacial score (nSPS) is 13.4. The van der Waals surface area contributed by atoms with Gasteiger partial charge in [0, 0.05) is 23.6 Å². The lowest BCUT2D eigenvalue weighted by Gasteiger charge is -2.27. The van der Waals surface area contributed by atoms with Gasteiger partial charge in [0.1, 0.15) is 5.75 Å². The molecule has 0 radical (unpaired) electrons. The minimum Gasteiger partial charge on any atom is -0.505 e. The number of hydrogen-bond acceptors (Lipinski definition) is 10. The Bertz CT molecular complexity index is 1400. The standard InChI is InChI=1S/C23H23N3O7S2/c1-26-21(22(27)16-6-4-5-7-19(16)34-26)23(28)24-20-11-15(33-25-20)13-35(29,30)12-14-8-9-17(31-2)18(10-14)32-3/h4-11,27H,12-13H2,1-3H3,(H,24,25,28). The second-order valence-electron chi connectivity index (χ2n) is 7.64. The van der Waals surface area contributed by atoms with Crippen LogP contribution in [0.5, 0.6) is 11.5 Å². The van der Waals surface area contributed by atoms with Crippen LogP contribution in [0, 0.1) is 0 Å². The molecule has 1 aliphatic rings. The third-order valence-corrected chi connectivity index (χ3v) is 7.64. The molecule has 0 unspecified atom stereocenters. The fraction of sp³-hybridized carbons (Fsp3) is 0.217. The third kappa shape index (κ3) is 5.38. The molecule has 1 aliphatic heterocycles. The third-order valence-electron chi connectivity index (χ3n) is 5.13. The SMILES string of the molecule is COc1ccc(CS(=O)(=O)Cc2cc(NC(=O)C3=C(O)c4ccccc4SN3C)no2)cc1OC. The summed E-state index contributed by atoms with van der Waals surface area (Å²) in [6, 6.07) is 13.4. The largest absolute Gasteiger partial charge is 0.505 e. The fourth-order valence-electron chi connectivity index (χ4n) is 3.57. The van der Waals surface area contributed by atoms with Crippen molar-refractivity contribution in [2.75, 3.05) is 26.6 Å². The lowest BCUT2D eigenvalue weighted by Crippen LogP contribution is -2.27. The predicted octanol–water partition coefficient (Wildman–Crippen LogP) is 3.62. The Morgan fingerprint density at radius 1 is 1.11 bits per heavy atom. The minimum atomic E-state index is -3.62. The van der Waals surface area contributed by atoms with Crippen LogP contribution in [0.3, 0.4) is 0 Å². The molecule has 4 rings (SSSR count). The van der Waals surface area contributed by atoms with Gasteiger partial charge in [0.15, 0.2) is 44.4 Å². The van der Waals surface area contributed by atoms with Crippen LogP contribution in [0.4, 0.5) is 5.82 Å². The summed E-state index contributed by atoms with van der Waals surface area (Å²) in [5.74, 6) is -0.425. The maximum Gasteiger partial charge on any atom is 0.277 e. The first kappa shape index (κ1) is 24.5. The maximum atomic E-state index is 12.8. The summed E-state index contributed by atoms with van der Waals surface area (Å²) in [6.07, 6.45) is 0. The second kappa shape index (κ2) is 9.92. The molecule has 2 aromatic carbocycles. The van der Waals surface area contributed by atoms with E-state index in [-0.39, 0.29) is 28.8 Å². The van der Waals surface area contributed by atoms with Crippen LogP contribution < -0.4 is 14.8 Å². The monoisotopic (exact) mass is 517 g/mol. The van der Waals surface area contributed by atoms with Gasteiger partial charge in [-0.05, 0) is 41.8 Å². The number of carbonyl (C=O) groups is 1. The predicted molar refractivity (Wildman–Crippen MR) is 131 cm³/mol. The summed E-state index contributed by atoms with van der Waals surface area (Å²) in [7, 11) is 0.998. The Hall–Kier alpha value is -3.64. The number of amides is 1. The number of sulfone groups is 1. The van der Waals surface area contributed by atoms with Gasteiger partial charge in [0.05, 0.1) is 20.0 Å². The number of hydrogen-bond donors (Lipinski definition) is 2. The van der Waals surface area contributed by atoms with Gasteiger partial charge in [0.2, 0.25) is 0 Å². The Morgan fingerprint density at radius 3 is 2.60 bits per heavy atom. The van der Waals surface area contributed by atoms with Crippen LogP contribution in [0.25, 0.3) is 5.76 Å².